The van der Waals surface area contributed by atoms with Crippen molar-refractivity contribution in [1.29, 1.82) is 10.5 Å². The second-order valence-corrected chi connectivity index (χ2v) is 13.2. The molecule has 0 bridgehead atoms. The van der Waals surface area contributed by atoms with Crippen molar-refractivity contribution in [3.8, 4) is 12.1 Å². The minimum absolute atomic E-state index is 0. The molecule has 4 aromatic rings. The maximum absolute atomic E-state index is 14.3. The molecule has 2 amide bonds. The number of alkyl halides is 14. The Morgan fingerprint density at radius 1 is 0.524 bits per heavy atom. The number of nitriles is 2. The van der Waals surface area contributed by atoms with Crippen molar-refractivity contribution >= 4 is 34.6 Å². The Balaban J connectivity index is 0.000000611. The molecule has 4 rings (SSSR count). The summed E-state index contributed by atoms with van der Waals surface area (Å²) in [6, 6.07) is 13.1. The molecular weight excluding hydrogens is 874 g/mol. The Bertz CT molecular complexity index is 2350. The lowest BCUT2D eigenvalue weighted by Crippen LogP contribution is -2.50. The van der Waals surface area contributed by atoms with E-state index < -0.39 is 59.0 Å². The number of carbonyl (C=O) groups excluding carboxylic acids is 2. The predicted molar refractivity (Wildman–Crippen MR) is 207 cm³/mol. The van der Waals surface area contributed by atoms with Gasteiger partial charge in [-0.2, -0.15) is 63.2 Å². The fourth-order valence-corrected chi connectivity index (χ4v) is 5.86. The van der Waals surface area contributed by atoms with Crippen LogP contribution in [0.3, 0.4) is 0 Å². The molecule has 0 aliphatic carbocycles. The third kappa shape index (κ3) is 10.7. The second-order valence-electron chi connectivity index (χ2n) is 13.2. The average Bonchev–Trinajstić information content (AvgIpc) is 3.14. The van der Waals surface area contributed by atoms with Crippen molar-refractivity contribution in [2.24, 2.45) is 0 Å². The zero-order valence-corrected chi connectivity index (χ0v) is 31.9. The molecule has 22 heteroatoms. The maximum atomic E-state index is 14.3. The zero-order valence-electron chi connectivity index (χ0n) is 31.9. The highest BCUT2D eigenvalue weighted by Gasteiger charge is 2.74. The minimum Gasteiger partial charge on any atom is -0.398 e. The number of carbonyl (C=O) groups is 2. The number of rotatable bonds is 7. The number of nitrogens with zero attached hydrogens (tertiary/aromatic N) is 2. The highest BCUT2D eigenvalue weighted by molar-refractivity contribution is 6.06. The first-order chi connectivity index (χ1) is 27.8. The van der Waals surface area contributed by atoms with Gasteiger partial charge in [0.2, 0.25) is 0 Å². The molecule has 0 aromatic heterocycles. The van der Waals surface area contributed by atoms with Crippen molar-refractivity contribution in [2.75, 3.05) is 28.7 Å². The molecule has 0 aliphatic heterocycles. The van der Waals surface area contributed by atoms with Gasteiger partial charge in [-0.05, 0) is 86.3 Å². The van der Waals surface area contributed by atoms with E-state index in [1.165, 1.54) is 43.4 Å². The van der Waals surface area contributed by atoms with Crippen molar-refractivity contribution in [3.63, 3.8) is 0 Å². The molecule has 0 saturated heterocycles. The Hall–Kier alpha value is -6.58. The Kier molecular flexibility index (Phi) is 16.6. The van der Waals surface area contributed by atoms with Crippen molar-refractivity contribution in [3.05, 3.63) is 116 Å². The molecule has 0 aliphatic rings. The molecule has 342 valence electrons. The zero-order chi connectivity index (χ0) is 46.8. The van der Waals surface area contributed by atoms with Crippen LogP contribution in [0, 0.1) is 50.4 Å². The van der Waals surface area contributed by atoms with Gasteiger partial charge in [-0.3, -0.25) is 9.59 Å². The molecule has 0 heterocycles. The number of halogens is 14. The van der Waals surface area contributed by atoms with Crippen LogP contribution in [0.15, 0.2) is 60.7 Å². The SMILES string of the molecule is C.C.CNc1cc(C(=O)Nc2c(C)cc(C(F)(C(F)(F)F)C(F)(F)F)cc2C)ccc1C#N.Cc1cc(C(F)(C(F)(F)F)C(F)(F)F)cc(C)c1NC(=O)c1ccc(C#N)c(N)c1. The number of anilines is 4. The lowest BCUT2D eigenvalue weighted by atomic mass is 9.90. The third-order valence-electron chi connectivity index (χ3n) is 9.01. The first kappa shape index (κ1) is 54.4. The van der Waals surface area contributed by atoms with Crippen LogP contribution in [-0.4, -0.2) is 43.6 Å². The Morgan fingerprint density at radius 2 is 0.825 bits per heavy atom. The molecule has 0 saturated carbocycles. The van der Waals surface area contributed by atoms with Gasteiger partial charge in [0, 0.05) is 40.7 Å². The van der Waals surface area contributed by atoms with E-state index in [2.05, 4.69) is 16.0 Å². The number of amides is 2. The number of nitrogens with one attached hydrogen (secondary N) is 3. The van der Waals surface area contributed by atoms with E-state index in [0.29, 0.717) is 30.0 Å². The average molecular weight is 913 g/mol. The molecule has 8 nitrogen and oxygen atoms in total. The summed E-state index contributed by atoms with van der Waals surface area (Å²) in [6.07, 6.45) is -25.0. The van der Waals surface area contributed by atoms with E-state index in [0.717, 1.165) is 27.7 Å². The predicted octanol–water partition coefficient (Wildman–Crippen LogP) is 12.3. The monoisotopic (exact) mass is 912 g/mol. The van der Waals surface area contributed by atoms with Crippen LogP contribution >= 0.6 is 0 Å². The van der Waals surface area contributed by atoms with Gasteiger partial charge >= 0.3 is 36.0 Å². The van der Waals surface area contributed by atoms with E-state index in [-0.39, 0.29) is 76.4 Å². The lowest BCUT2D eigenvalue weighted by Gasteiger charge is -2.31. The summed E-state index contributed by atoms with van der Waals surface area (Å²) in [5, 5.41) is 25.3. The standard InChI is InChI=1S/C20H16F7N3O.C19H14F7N3O.2CH4/c1-10-6-14(18(21,19(22,23)24)20(25,26)27)7-11(2)16(10)30-17(31)12-4-5-13(9-28)15(8-12)29-3;1-9-5-13(17(20,18(21,22)23)19(24,25)26)6-10(2)15(9)29-16(30)11-3-4-12(8-27)14(28)7-11;;/h4-8,29H,1-3H3,(H,30,31);3-7H,28H2,1-2H3,(H,29,30);2*1H4. The molecule has 0 unspecified atom stereocenters. The van der Waals surface area contributed by atoms with Gasteiger partial charge in [0.05, 0.1) is 22.5 Å². The summed E-state index contributed by atoms with van der Waals surface area (Å²) in [7, 11) is 1.52. The number of benzene rings is 4. The summed E-state index contributed by atoms with van der Waals surface area (Å²) in [6.45, 7) is 4.56. The van der Waals surface area contributed by atoms with Gasteiger partial charge in [0.1, 0.15) is 12.1 Å². The summed E-state index contributed by atoms with van der Waals surface area (Å²) < 4.78 is 185. The van der Waals surface area contributed by atoms with E-state index in [1.807, 2.05) is 6.07 Å². The Morgan fingerprint density at radius 3 is 1.10 bits per heavy atom. The molecule has 63 heavy (non-hydrogen) atoms. The van der Waals surface area contributed by atoms with Crippen LogP contribution in [0.1, 0.15) is 80.1 Å². The molecule has 0 radical (unpaired) electrons. The van der Waals surface area contributed by atoms with Crippen LogP contribution < -0.4 is 21.7 Å². The van der Waals surface area contributed by atoms with E-state index in [4.69, 9.17) is 16.3 Å². The quantitative estimate of drug-likeness (QED) is 0.107. The third-order valence-corrected chi connectivity index (χ3v) is 9.01. The van der Waals surface area contributed by atoms with Crippen molar-refractivity contribution in [1.82, 2.24) is 0 Å². The number of nitrogens with two attached hydrogens (primary N) is 1. The number of hydrogen-bond donors (Lipinski definition) is 4. The van der Waals surface area contributed by atoms with Gasteiger partial charge < -0.3 is 21.7 Å². The smallest absolute Gasteiger partial charge is 0.398 e. The van der Waals surface area contributed by atoms with Gasteiger partial charge in [-0.15, -0.1) is 0 Å². The molecule has 4 aromatic carbocycles. The summed E-state index contributed by atoms with van der Waals surface area (Å²) >= 11 is 0. The second kappa shape index (κ2) is 19.2. The van der Waals surface area contributed by atoms with Gasteiger partial charge in [-0.1, -0.05) is 39.1 Å². The fraction of sp³-hybridized carbons (Fsp3) is 0.317. The van der Waals surface area contributed by atoms with Crippen LogP contribution in [0.25, 0.3) is 0 Å². The van der Waals surface area contributed by atoms with E-state index in [1.54, 1.807) is 6.07 Å². The number of aryl methyl sites for hydroxylation is 4. The number of nitrogen functional groups attached to an aromatic ring is 1. The van der Waals surface area contributed by atoms with Crippen LogP contribution in [0.4, 0.5) is 84.2 Å². The van der Waals surface area contributed by atoms with Crippen LogP contribution in [0.2, 0.25) is 0 Å². The summed E-state index contributed by atoms with van der Waals surface area (Å²) in [4.78, 5) is 24.9. The van der Waals surface area contributed by atoms with Gasteiger partial charge in [0.25, 0.3) is 11.8 Å². The minimum atomic E-state index is -6.24. The molecule has 0 spiro atoms. The van der Waals surface area contributed by atoms with E-state index >= 15 is 0 Å². The largest absolute Gasteiger partial charge is 0.435 e. The summed E-state index contributed by atoms with van der Waals surface area (Å²) in [5.74, 6) is -1.50. The highest BCUT2D eigenvalue weighted by Crippen LogP contribution is 2.55. The molecular formula is C41H38F14N6O2. The molecule has 0 atom stereocenters. The first-order valence-electron chi connectivity index (χ1n) is 16.8. The normalized spacial score (nSPS) is 12.0. The van der Waals surface area contributed by atoms with Crippen LogP contribution in [-0.2, 0) is 11.3 Å². The highest BCUT2D eigenvalue weighted by atomic mass is 19.4. The maximum Gasteiger partial charge on any atom is 0.435 e. The fourth-order valence-electron chi connectivity index (χ4n) is 5.86. The summed E-state index contributed by atoms with van der Waals surface area (Å²) in [5.41, 5.74) is -8.94. The van der Waals surface area contributed by atoms with Crippen LogP contribution in [0.5, 0.6) is 0 Å². The van der Waals surface area contributed by atoms with E-state index in [9.17, 15) is 71.1 Å². The van der Waals surface area contributed by atoms with Crippen molar-refractivity contribution < 1.29 is 71.1 Å². The van der Waals surface area contributed by atoms with Gasteiger partial charge in [-0.25, -0.2) is 8.78 Å². The first-order valence-corrected chi connectivity index (χ1v) is 16.8. The number of hydrogen-bond acceptors (Lipinski definition) is 6. The topological polar surface area (TPSA) is 144 Å². The molecule has 5 N–H and O–H groups in total. The Labute approximate surface area is 351 Å². The lowest BCUT2D eigenvalue weighted by molar-refractivity contribution is -0.349. The van der Waals surface area contributed by atoms with Gasteiger partial charge in [0.15, 0.2) is 0 Å². The molecule has 0 fully saturated rings. The van der Waals surface area contributed by atoms with Crippen molar-refractivity contribution in [2.45, 2.75) is 78.6 Å².